The van der Waals surface area contributed by atoms with Gasteiger partial charge >= 0.3 is 11.7 Å². The Balaban J connectivity index is 0.00000166. The lowest BCUT2D eigenvalue weighted by Gasteiger charge is -2.14. The van der Waals surface area contributed by atoms with Crippen LogP contribution in [0.15, 0.2) is 45.6 Å². The van der Waals surface area contributed by atoms with Gasteiger partial charge in [-0.2, -0.15) is 0 Å². The van der Waals surface area contributed by atoms with Crippen molar-refractivity contribution in [2.24, 2.45) is 0 Å². The first-order chi connectivity index (χ1) is 14.7. The van der Waals surface area contributed by atoms with Crippen LogP contribution in [0.5, 0.6) is 5.75 Å². The average Bonchev–Trinajstić information content (AvgIpc) is 2.74. The molecule has 3 aromatic rings. The second-order valence-corrected chi connectivity index (χ2v) is 6.97. The SMILES string of the molecule is CC.Cc1cc2c(C)c(Cc3cccc([N+](=O)[O-])c3)c(=O)oc2cc1OC(=O)N(C)C. The molecule has 0 bridgehead atoms. The lowest BCUT2D eigenvalue weighted by atomic mass is 9.98. The molecule has 0 aliphatic carbocycles. The van der Waals surface area contributed by atoms with Crippen LogP contribution in [0.1, 0.15) is 36.1 Å². The lowest BCUT2D eigenvalue weighted by molar-refractivity contribution is -0.384. The van der Waals surface area contributed by atoms with Gasteiger partial charge in [0.1, 0.15) is 11.3 Å². The Kier molecular flexibility index (Phi) is 7.52. The highest BCUT2D eigenvalue weighted by Crippen LogP contribution is 2.29. The maximum atomic E-state index is 12.6. The Morgan fingerprint density at radius 1 is 1.16 bits per heavy atom. The van der Waals surface area contributed by atoms with Gasteiger partial charge < -0.3 is 14.1 Å². The van der Waals surface area contributed by atoms with Crippen LogP contribution in [-0.2, 0) is 6.42 Å². The molecule has 0 fully saturated rings. The number of amides is 1. The van der Waals surface area contributed by atoms with E-state index in [2.05, 4.69) is 0 Å². The van der Waals surface area contributed by atoms with E-state index in [4.69, 9.17) is 9.15 Å². The third kappa shape index (κ3) is 5.28. The zero-order valence-electron chi connectivity index (χ0n) is 18.5. The van der Waals surface area contributed by atoms with Gasteiger partial charge in [0.05, 0.1) is 4.92 Å². The first-order valence-corrected chi connectivity index (χ1v) is 9.86. The number of non-ortho nitro benzene ring substituents is 1. The number of aryl methyl sites for hydroxylation is 2. The molecule has 2 aromatic carbocycles. The van der Waals surface area contributed by atoms with Crippen LogP contribution in [0.3, 0.4) is 0 Å². The van der Waals surface area contributed by atoms with Crippen LogP contribution in [-0.4, -0.2) is 30.0 Å². The third-order valence-corrected chi connectivity index (χ3v) is 4.65. The molecule has 0 N–H and O–H groups in total. The molecule has 0 saturated carbocycles. The molecule has 1 aromatic heterocycles. The zero-order chi connectivity index (χ0) is 23.3. The van der Waals surface area contributed by atoms with Crippen LogP contribution in [0.25, 0.3) is 11.0 Å². The van der Waals surface area contributed by atoms with Gasteiger partial charge in [-0.25, -0.2) is 9.59 Å². The summed E-state index contributed by atoms with van der Waals surface area (Å²) in [7, 11) is 3.15. The second-order valence-electron chi connectivity index (χ2n) is 6.97. The van der Waals surface area contributed by atoms with Crippen molar-refractivity contribution in [2.75, 3.05) is 14.1 Å². The molecule has 0 unspecified atom stereocenters. The number of nitrogens with zero attached hydrogens (tertiary/aromatic N) is 2. The molecule has 0 saturated heterocycles. The molecule has 1 amide bonds. The molecule has 0 radical (unpaired) electrons. The van der Waals surface area contributed by atoms with E-state index in [0.717, 1.165) is 5.56 Å². The van der Waals surface area contributed by atoms with E-state index in [9.17, 15) is 19.7 Å². The normalized spacial score (nSPS) is 10.3. The van der Waals surface area contributed by atoms with E-state index >= 15 is 0 Å². The van der Waals surface area contributed by atoms with Gasteiger partial charge in [-0.1, -0.05) is 26.0 Å². The van der Waals surface area contributed by atoms with Gasteiger partial charge in [0, 0.05) is 49.7 Å². The van der Waals surface area contributed by atoms with Gasteiger partial charge in [0.25, 0.3) is 5.69 Å². The minimum atomic E-state index is -0.534. The standard InChI is InChI=1S/C21H20N2O6.C2H6/c1-12-8-16-13(2)17(10-14-6-5-7-15(9-14)23(26)27)20(24)28-19(16)11-18(12)29-21(25)22(3)4;1-2/h5-9,11H,10H2,1-4H3;1-2H3. The number of ether oxygens (including phenoxy) is 1. The number of carbonyl (C=O) groups is 1. The van der Waals surface area contributed by atoms with Crippen LogP contribution in [0.4, 0.5) is 10.5 Å². The zero-order valence-corrected chi connectivity index (χ0v) is 18.5. The van der Waals surface area contributed by atoms with Crippen LogP contribution >= 0.6 is 0 Å². The topological polar surface area (TPSA) is 103 Å². The molecular formula is C23H26N2O6. The van der Waals surface area contributed by atoms with Crippen LogP contribution in [0, 0.1) is 24.0 Å². The monoisotopic (exact) mass is 426 g/mol. The van der Waals surface area contributed by atoms with E-state index in [1.54, 1.807) is 46.1 Å². The minimum absolute atomic E-state index is 0.0338. The molecule has 8 nitrogen and oxygen atoms in total. The Hall–Kier alpha value is -3.68. The fourth-order valence-electron chi connectivity index (χ4n) is 3.01. The molecular weight excluding hydrogens is 400 g/mol. The number of fused-ring (bicyclic) bond motifs is 1. The molecule has 0 spiro atoms. The Morgan fingerprint density at radius 2 is 1.84 bits per heavy atom. The van der Waals surface area contributed by atoms with Crippen LogP contribution < -0.4 is 10.4 Å². The Labute approximate surface area is 180 Å². The molecule has 164 valence electrons. The van der Waals surface area contributed by atoms with Crippen molar-refractivity contribution in [3.63, 3.8) is 0 Å². The largest absolute Gasteiger partial charge is 0.422 e. The first kappa shape index (κ1) is 23.6. The number of nitro groups is 1. The van der Waals surface area contributed by atoms with Crippen molar-refractivity contribution in [1.82, 2.24) is 4.90 Å². The number of hydrogen-bond acceptors (Lipinski definition) is 6. The first-order valence-electron chi connectivity index (χ1n) is 9.86. The van der Waals surface area contributed by atoms with Crippen LogP contribution in [0.2, 0.25) is 0 Å². The number of benzene rings is 2. The fraction of sp³-hybridized carbons (Fsp3) is 0.304. The third-order valence-electron chi connectivity index (χ3n) is 4.65. The number of nitro benzene ring substituents is 1. The van der Waals surface area contributed by atoms with E-state index in [-0.39, 0.29) is 12.1 Å². The minimum Gasteiger partial charge on any atom is -0.422 e. The molecule has 3 rings (SSSR count). The number of carbonyl (C=O) groups excluding carboxylic acids is 1. The van der Waals surface area contributed by atoms with E-state index in [1.165, 1.54) is 23.1 Å². The van der Waals surface area contributed by atoms with Crippen molar-refractivity contribution in [3.8, 4) is 5.75 Å². The molecule has 8 heteroatoms. The lowest BCUT2D eigenvalue weighted by Crippen LogP contribution is -2.25. The maximum Gasteiger partial charge on any atom is 0.414 e. The summed E-state index contributed by atoms with van der Waals surface area (Å²) in [6, 6.07) is 9.48. The molecule has 1 heterocycles. The molecule has 0 atom stereocenters. The smallest absolute Gasteiger partial charge is 0.414 e. The Bertz CT molecular complexity index is 1180. The second kappa shape index (κ2) is 9.88. The predicted molar refractivity (Wildman–Crippen MR) is 119 cm³/mol. The van der Waals surface area contributed by atoms with E-state index in [0.29, 0.717) is 33.4 Å². The van der Waals surface area contributed by atoms with E-state index < -0.39 is 16.6 Å². The summed E-state index contributed by atoms with van der Waals surface area (Å²) in [5, 5.41) is 11.7. The highest BCUT2D eigenvalue weighted by Gasteiger charge is 2.17. The Morgan fingerprint density at radius 3 is 2.45 bits per heavy atom. The summed E-state index contributed by atoms with van der Waals surface area (Å²) in [4.78, 5) is 36.2. The van der Waals surface area contributed by atoms with Crippen molar-refractivity contribution in [3.05, 3.63) is 79.2 Å². The quantitative estimate of drug-likeness (QED) is 0.331. The van der Waals surface area contributed by atoms with Gasteiger partial charge in [0.15, 0.2) is 0 Å². The van der Waals surface area contributed by atoms with Crippen molar-refractivity contribution < 1.29 is 18.9 Å². The van der Waals surface area contributed by atoms with Crippen molar-refractivity contribution in [2.45, 2.75) is 34.1 Å². The van der Waals surface area contributed by atoms with Crippen molar-refractivity contribution >= 4 is 22.7 Å². The highest BCUT2D eigenvalue weighted by molar-refractivity contribution is 5.84. The maximum absolute atomic E-state index is 12.6. The average molecular weight is 426 g/mol. The van der Waals surface area contributed by atoms with Gasteiger partial charge in [0.2, 0.25) is 0 Å². The predicted octanol–water partition coefficient (Wildman–Crippen LogP) is 5.00. The number of rotatable bonds is 4. The van der Waals surface area contributed by atoms with Gasteiger partial charge in [-0.05, 0) is 36.6 Å². The molecule has 0 aliphatic heterocycles. The van der Waals surface area contributed by atoms with Gasteiger partial charge in [-0.3, -0.25) is 10.1 Å². The summed E-state index contributed by atoms with van der Waals surface area (Å²) in [5.74, 6) is 0.310. The van der Waals surface area contributed by atoms with E-state index in [1.807, 2.05) is 13.8 Å². The van der Waals surface area contributed by atoms with Crippen molar-refractivity contribution in [1.29, 1.82) is 0 Å². The summed E-state index contributed by atoms with van der Waals surface area (Å²) in [6.07, 6.45) is -0.323. The summed E-state index contributed by atoms with van der Waals surface area (Å²) in [6.45, 7) is 7.60. The highest BCUT2D eigenvalue weighted by atomic mass is 16.6. The summed E-state index contributed by atoms with van der Waals surface area (Å²) in [5.41, 5.74) is 2.24. The summed E-state index contributed by atoms with van der Waals surface area (Å²) < 4.78 is 10.8. The van der Waals surface area contributed by atoms with Gasteiger partial charge in [-0.15, -0.1) is 0 Å². The molecule has 31 heavy (non-hydrogen) atoms. The number of hydrogen-bond donors (Lipinski definition) is 0. The molecule has 0 aliphatic rings. The fourth-order valence-corrected chi connectivity index (χ4v) is 3.01. The summed E-state index contributed by atoms with van der Waals surface area (Å²) >= 11 is 0.